The van der Waals surface area contributed by atoms with Gasteiger partial charge in [0.1, 0.15) is 18.5 Å². The zero-order valence-electron chi connectivity index (χ0n) is 27.3. The molecular formula is C35H36Cl2N4O8S. The second-order valence-electron chi connectivity index (χ2n) is 11.2. The number of benzene rings is 3. The number of thioether (sulfide) groups is 1. The molecule has 0 aliphatic carbocycles. The van der Waals surface area contributed by atoms with Gasteiger partial charge in [-0.3, -0.25) is 19.2 Å². The highest BCUT2D eigenvalue weighted by molar-refractivity contribution is 8.00. The first kappa shape index (κ1) is 37.0. The number of nitrogens with zero attached hydrogens (tertiary/aromatic N) is 3. The lowest BCUT2D eigenvalue weighted by atomic mass is 10.1. The van der Waals surface area contributed by atoms with Gasteiger partial charge in [0.05, 0.1) is 44.6 Å². The van der Waals surface area contributed by atoms with Gasteiger partial charge < -0.3 is 29.7 Å². The van der Waals surface area contributed by atoms with Gasteiger partial charge in [-0.1, -0.05) is 53.2 Å². The number of carbonyl (C=O) groups excluding carboxylic acids is 3. The van der Waals surface area contributed by atoms with Crippen LogP contribution in [0.2, 0.25) is 10.0 Å². The predicted octanol–water partition coefficient (Wildman–Crippen LogP) is 5.70. The maximum Gasteiger partial charge on any atom is 0.414 e. The minimum Gasteiger partial charge on any atom is -0.477 e. The molecule has 1 aliphatic rings. The van der Waals surface area contributed by atoms with E-state index in [1.54, 1.807) is 47.0 Å². The highest BCUT2D eigenvalue weighted by atomic mass is 35.5. The average Bonchev–Trinajstić information content (AvgIpc) is 3.57. The van der Waals surface area contributed by atoms with E-state index in [4.69, 9.17) is 42.5 Å². The molecule has 1 aliphatic heterocycles. The van der Waals surface area contributed by atoms with E-state index in [1.807, 2.05) is 43.5 Å². The lowest BCUT2D eigenvalue weighted by Crippen LogP contribution is -2.42. The van der Waals surface area contributed by atoms with Gasteiger partial charge in [0.15, 0.2) is 5.44 Å². The van der Waals surface area contributed by atoms with Crippen molar-refractivity contribution in [1.29, 1.82) is 0 Å². The Hall–Kier alpha value is -4.27. The fourth-order valence-electron chi connectivity index (χ4n) is 5.09. The van der Waals surface area contributed by atoms with Crippen molar-refractivity contribution in [2.75, 3.05) is 37.8 Å². The summed E-state index contributed by atoms with van der Waals surface area (Å²) < 4.78 is 18.3. The van der Waals surface area contributed by atoms with E-state index in [-0.39, 0.29) is 39.3 Å². The predicted molar refractivity (Wildman–Crippen MR) is 190 cm³/mol. The van der Waals surface area contributed by atoms with Gasteiger partial charge in [-0.05, 0) is 55.8 Å². The number of hydrogen-bond acceptors (Lipinski definition) is 10. The van der Waals surface area contributed by atoms with Gasteiger partial charge in [0.2, 0.25) is 0 Å². The Labute approximate surface area is 303 Å². The molecular weight excluding hydrogens is 707 g/mol. The van der Waals surface area contributed by atoms with Gasteiger partial charge in [0.25, 0.3) is 5.91 Å². The minimum absolute atomic E-state index is 0.0188. The first-order valence-electron chi connectivity index (χ1n) is 15.8. The average molecular weight is 744 g/mol. The third-order valence-corrected chi connectivity index (χ3v) is 9.63. The van der Waals surface area contributed by atoms with Crippen LogP contribution in [0.3, 0.4) is 0 Å². The second-order valence-corrected chi connectivity index (χ2v) is 13.2. The Balaban J connectivity index is 1.32. The number of aromatic nitrogens is 2. The number of halogens is 2. The standard InChI is InChI=1S/C35H36Cl2N4O8S/c1-3-47-35(46)41-18-32(49-30-9-5-7-27(36)21(30)2)50-33-26(6-4-8-29(33)41)24-15-39-40(17-24)16-23-14-22(10-11-28(23)37)34(45)38-13-12-31(44)48-20-25(43)19-42/h4-11,14-15,17,25,32,42-43H,3,12-13,16,18-20H2,1-2H3,(H,38,45). The van der Waals surface area contributed by atoms with Crippen LogP contribution in [0, 0.1) is 6.92 Å². The number of amides is 2. The molecule has 264 valence electrons. The summed E-state index contributed by atoms with van der Waals surface area (Å²) in [5.41, 5.74) is 3.66. The van der Waals surface area contributed by atoms with Crippen molar-refractivity contribution in [3.05, 3.63) is 93.7 Å². The summed E-state index contributed by atoms with van der Waals surface area (Å²) in [4.78, 5) is 40.2. The zero-order chi connectivity index (χ0) is 35.8. The molecule has 0 radical (unpaired) electrons. The summed E-state index contributed by atoms with van der Waals surface area (Å²) in [6.45, 7) is 3.55. The van der Waals surface area contributed by atoms with Crippen LogP contribution in [-0.2, 0) is 20.8 Å². The van der Waals surface area contributed by atoms with E-state index >= 15 is 0 Å². The molecule has 12 nitrogen and oxygen atoms in total. The fourth-order valence-corrected chi connectivity index (χ4v) is 6.69. The van der Waals surface area contributed by atoms with Crippen LogP contribution in [-0.4, -0.2) is 82.4 Å². The SMILES string of the molecule is CCOC(=O)N1CC(Oc2cccc(Cl)c2C)Sc2c(-c3cnn(Cc4cc(C(=O)NCCC(=O)OCC(O)CO)ccc4Cl)c3)cccc21. The van der Waals surface area contributed by atoms with Gasteiger partial charge in [-0.15, -0.1) is 0 Å². The number of esters is 1. The number of nitrogens with one attached hydrogen (secondary N) is 1. The highest BCUT2D eigenvalue weighted by Gasteiger charge is 2.33. The molecule has 2 unspecified atom stereocenters. The quantitative estimate of drug-likeness (QED) is 0.145. The monoisotopic (exact) mass is 742 g/mol. The lowest BCUT2D eigenvalue weighted by molar-refractivity contribution is -0.147. The van der Waals surface area contributed by atoms with Crippen molar-refractivity contribution in [3.63, 3.8) is 0 Å². The van der Waals surface area contributed by atoms with Crippen LogP contribution in [0.5, 0.6) is 5.75 Å². The van der Waals surface area contributed by atoms with E-state index in [0.29, 0.717) is 32.6 Å². The minimum atomic E-state index is -1.15. The number of carbonyl (C=O) groups is 3. The molecule has 2 atom stereocenters. The molecule has 15 heteroatoms. The molecule has 1 aromatic heterocycles. The Kier molecular flexibility index (Phi) is 12.7. The Morgan fingerprint density at radius 3 is 2.68 bits per heavy atom. The molecule has 0 spiro atoms. The highest BCUT2D eigenvalue weighted by Crippen LogP contribution is 2.45. The number of fused-ring (bicyclic) bond motifs is 1. The molecule has 50 heavy (non-hydrogen) atoms. The van der Waals surface area contributed by atoms with Crippen molar-refractivity contribution in [1.82, 2.24) is 15.1 Å². The molecule has 0 saturated carbocycles. The van der Waals surface area contributed by atoms with Crippen molar-refractivity contribution < 1.29 is 38.8 Å². The van der Waals surface area contributed by atoms with E-state index in [0.717, 1.165) is 21.6 Å². The number of rotatable bonds is 13. The number of ether oxygens (including phenoxy) is 3. The van der Waals surface area contributed by atoms with Crippen LogP contribution in [0.25, 0.3) is 11.1 Å². The zero-order valence-corrected chi connectivity index (χ0v) is 29.6. The molecule has 4 aromatic rings. The maximum absolute atomic E-state index is 13.1. The van der Waals surface area contributed by atoms with E-state index < -0.39 is 36.1 Å². The van der Waals surface area contributed by atoms with Gasteiger partial charge >= 0.3 is 12.1 Å². The molecule has 0 fully saturated rings. The molecule has 2 amide bonds. The Morgan fingerprint density at radius 2 is 1.90 bits per heavy atom. The lowest BCUT2D eigenvalue weighted by Gasteiger charge is -2.34. The van der Waals surface area contributed by atoms with Crippen molar-refractivity contribution in [3.8, 4) is 16.9 Å². The third-order valence-electron chi connectivity index (χ3n) is 7.68. The van der Waals surface area contributed by atoms with Gasteiger partial charge in [0, 0.05) is 49.9 Å². The van der Waals surface area contributed by atoms with Crippen molar-refractivity contribution in [2.24, 2.45) is 0 Å². The molecule has 5 rings (SSSR count). The first-order valence-corrected chi connectivity index (χ1v) is 17.4. The Bertz CT molecular complexity index is 1860. The smallest absolute Gasteiger partial charge is 0.414 e. The first-order chi connectivity index (χ1) is 24.1. The molecule has 0 saturated heterocycles. The number of aliphatic hydroxyl groups excluding tert-OH is 2. The summed E-state index contributed by atoms with van der Waals surface area (Å²) in [7, 11) is 0. The van der Waals surface area contributed by atoms with Crippen molar-refractivity contribution in [2.45, 2.75) is 43.2 Å². The number of hydrogen-bond donors (Lipinski definition) is 3. The van der Waals surface area contributed by atoms with Crippen LogP contribution < -0.4 is 15.0 Å². The summed E-state index contributed by atoms with van der Waals surface area (Å²) in [6.07, 6.45) is 1.85. The number of anilines is 1. The number of aliphatic hydroxyl groups is 2. The Morgan fingerprint density at radius 1 is 1.10 bits per heavy atom. The maximum atomic E-state index is 13.1. The van der Waals surface area contributed by atoms with Crippen LogP contribution >= 0.6 is 35.0 Å². The summed E-state index contributed by atoms with van der Waals surface area (Å²) >= 11 is 14.4. The second kappa shape index (κ2) is 17.1. The van der Waals surface area contributed by atoms with E-state index in [2.05, 4.69) is 10.4 Å². The molecule has 3 aromatic carbocycles. The summed E-state index contributed by atoms with van der Waals surface area (Å²) in [5.74, 6) is -0.399. The summed E-state index contributed by atoms with van der Waals surface area (Å²) in [6, 6.07) is 16.0. The summed E-state index contributed by atoms with van der Waals surface area (Å²) in [5, 5.41) is 26.4. The third kappa shape index (κ3) is 9.09. The molecule has 2 heterocycles. The molecule has 0 bridgehead atoms. The normalized spacial score (nSPS) is 14.4. The van der Waals surface area contributed by atoms with Crippen LogP contribution in [0.4, 0.5) is 10.5 Å². The largest absolute Gasteiger partial charge is 0.477 e. The van der Waals surface area contributed by atoms with Gasteiger partial charge in [-0.25, -0.2) is 4.79 Å². The molecule has 3 N–H and O–H groups in total. The van der Waals surface area contributed by atoms with Crippen LogP contribution in [0.1, 0.15) is 34.8 Å². The van der Waals surface area contributed by atoms with Crippen LogP contribution in [0.15, 0.2) is 71.9 Å². The van der Waals surface area contributed by atoms with E-state index in [9.17, 15) is 19.5 Å². The van der Waals surface area contributed by atoms with Gasteiger partial charge in [-0.2, -0.15) is 5.10 Å². The fraction of sp³-hybridized carbons (Fsp3) is 0.314. The topological polar surface area (TPSA) is 152 Å². The van der Waals surface area contributed by atoms with E-state index in [1.165, 1.54) is 11.8 Å². The van der Waals surface area contributed by atoms with Crippen molar-refractivity contribution >= 4 is 58.6 Å².